The molecule has 5 heteroatoms. The third-order valence-electron chi connectivity index (χ3n) is 4.38. The van der Waals surface area contributed by atoms with Crippen molar-refractivity contribution in [1.29, 1.82) is 0 Å². The molecule has 0 radical (unpaired) electrons. The van der Waals surface area contributed by atoms with Crippen molar-refractivity contribution < 1.29 is 9.18 Å². The Morgan fingerprint density at radius 1 is 1.04 bits per heavy atom. The zero-order valence-electron chi connectivity index (χ0n) is 14.9. The fourth-order valence-electron chi connectivity index (χ4n) is 2.95. The van der Waals surface area contributed by atoms with Crippen LogP contribution in [0.3, 0.4) is 0 Å². The molecular formula is C22H21ClFNOS. The van der Waals surface area contributed by atoms with Crippen LogP contribution in [0.15, 0.2) is 60.7 Å². The van der Waals surface area contributed by atoms with Crippen LogP contribution in [-0.4, -0.2) is 18.2 Å². The molecule has 27 heavy (non-hydrogen) atoms. The highest BCUT2D eigenvalue weighted by Gasteiger charge is 2.07. The molecule has 0 bridgehead atoms. The number of thioether (sulfide) groups is 1. The van der Waals surface area contributed by atoms with Crippen LogP contribution in [0.4, 0.5) is 4.39 Å². The average molecular weight is 402 g/mol. The summed E-state index contributed by atoms with van der Waals surface area (Å²) in [7, 11) is 0. The van der Waals surface area contributed by atoms with Crippen LogP contribution in [0.5, 0.6) is 0 Å². The third-order valence-corrected chi connectivity index (χ3v) is 5.72. The van der Waals surface area contributed by atoms with Crippen molar-refractivity contribution >= 4 is 40.0 Å². The van der Waals surface area contributed by atoms with Crippen molar-refractivity contribution in [2.75, 3.05) is 12.3 Å². The smallest absolute Gasteiger partial charge is 0.220 e. The van der Waals surface area contributed by atoms with Gasteiger partial charge in [-0.15, -0.1) is 0 Å². The van der Waals surface area contributed by atoms with Crippen LogP contribution in [0.25, 0.3) is 10.8 Å². The fourth-order valence-corrected chi connectivity index (χ4v) is 4.15. The second kappa shape index (κ2) is 9.77. The predicted octanol–water partition coefficient (Wildman–Crippen LogP) is 5.61. The summed E-state index contributed by atoms with van der Waals surface area (Å²) in [5, 5.41) is 5.77. The highest BCUT2D eigenvalue weighted by atomic mass is 35.5. The van der Waals surface area contributed by atoms with Crippen molar-refractivity contribution in [1.82, 2.24) is 5.32 Å². The maximum absolute atomic E-state index is 13.7. The summed E-state index contributed by atoms with van der Waals surface area (Å²) in [5.74, 6) is 0.962. The number of aryl methyl sites for hydroxylation is 1. The summed E-state index contributed by atoms with van der Waals surface area (Å²) in [6.07, 6.45) is 1.17. The average Bonchev–Trinajstić information content (AvgIpc) is 2.68. The van der Waals surface area contributed by atoms with Gasteiger partial charge in [0, 0.05) is 35.1 Å². The minimum absolute atomic E-state index is 0.0347. The molecule has 0 atom stereocenters. The molecule has 0 aliphatic carbocycles. The molecule has 3 aromatic carbocycles. The number of carbonyl (C=O) groups excluding carboxylic acids is 1. The van der Waals surface area contributed by atoms with Gasteiger partial charge in [-0.2, -0.15) is 11.8 Å². The van der Waals surface area contributed by atoms with Crippen LogP contribution in [-0.2, 0) is 17.0 Å². The standard InChI is InChI=1S/C22H21ClFNOS/c23-20-9-4-10-21(24)19(20)15-27-14-13-25-22(26)12-11-17-7-3-6-16-5-1-2-8-18(16)17/h1-10H,11-15H2,(H,25,26). The van der Waals surface area contributed by atoms with Crippen LogP contribution >= 0.6 is 23.4 Å². The molecule has 0 saturated carbocycles. The van der Waals surface area contributed by atoms with Gasteiger partial charge in [0.2, 0.25) is 5.91 Å². The van der Waals surface area contributed by atoms with E-state index >= 15 is 0 Å². The number of benzene rings is 3. The van der Waals surface area contributed by atoms with Crippen LogP contribution in [0, 0.1) is 5.82 Å². The number of hydrogen-bond donors (Lipinski definition) is 1. The van der Waals surface area contributed by atoms with Crippen molar-refractivity contribution in [3.8, 4) is 0 Å². The van der Waals surface area contributed by atoms with Crippen LogP contribution in [0.2, 0.25) is 5.02 Å². The van der Waals surface area contributed by atoms with Gasteiger partial charge >= 0.3 is 0 Å². The molecule has 1 N–H and O–H groups in total. The van der Waals surface area contributed by atoms with Crippen LogP contribution < -0.4 is 5.32 Å². The zero-order valence-corrected chi connectivity index (χ0v) is 16.5. The summed E-state index contributed by atoms with van der Waals surface area (Å²) in [6, 6.07) is 19.1. The topological polar surface area (TPSA) is 29.1 Å². The lowest BCUT2D eigenvalue weighted by Gasteiger charge is -2.08. The van der Waals surface area contributed by atoms with E-state index < -0.39 is 0 Å². The van der Waals surface area contributed by atoms with Crippen molar-refractivity contribution in [3.05, 3.63) is 82.6 Å². The Labute approximate surface area is 168 Å². The minimum atomic E-state index is -0.283. The molecule has 0 unspecified atom stereocenters. The zero-order chi connectivity index (χ0) is 19.1. The Morgan fingerprint density at radius 2 is 1.81 bits per heavy atom. The molecule has 2 nitrogen and oxygen atoms in total. The molecule has 0 heterocycles. The van der Waals surface area contributed by atoms with Crippen LogP contribution in [0.1, 0.15) is 17.5 Å². The monoisotopic (exact) mass is 401 g/mol. The number of nitrogens with one attached hydrogen (secondary N) is 1. The lowest BCUT2D eigenvalue weighted by atomic mass is 10.0. The first-order valence-electron chi connectivity index (χ1n) is 8.89. The summed E-state index contributed by atoms with van der Waals surface area (Å²) in [6.45, 7) is 0.561. The lowest BCUT2D eigenvalue weighted by molar-refractivity contribution is -0.120. The van der Waals surface area contributed by atoms with Gasteiger partial charge in [-0.05, 0) is 34.9 Å². The first kappa shape index (κ1) is 19.7. The Balaban J connectivity index is 1.40. The molecule has 0 spiro atoms. The van der Waals surface area contributed by atoms with Crippen molar-refractivity contribution in [3.63, 3.8) is 0 Å². The first-order valence-corrected chi connectivity index (χ1v) is 10.4. The second-order valence-corrected chi connectivity index (χ2v) is 7.75. The maximum Gasteiger partial charge on any atom is 0.220 e. The van der Waals surface area contributed by atoms with E-state index in [4.69, 9.17) is 11.6 Å². The Kier molecular flexibility index (Phi) is 7.13. The van der Waals surface area contributed by atoms with Gasteiger partial charge in [-0.25, -0.2) is 4.39 Å². The van der Waals surface area contributed by atoms with Crippen molar-refractivity contribution in [2.24, 2.45) is 0 Å². The molecule has 0 fully saturated rings. The number of carbonyl (C=O) groups is 1. The van der Waals surface area contributed by atoms with E-state index in [0.717, 1.165) is 0 Å². The van der Waals surface area contributed by atoms with Gasteiger partial charge in [-0.1, -0.05) is 60.1 Å². The third kappa shape index (κ3) is 5.47. The number of rotatable bonds is 8. The van der Waals surface area contributed by atoms with E-state index in [-0.39, 0.29) is 11.7 Å². The van der Waals surface area contributed by atoms with E-state index in [1.54, 1.807) is 23.9 Å². The van der Waals surface area contributed by atoms with E-state index in [2.05, 4.69) is 29.6 Å². The van der Waals surface area contributed by atoms with Gasteiger partial charge in [0.15, 0.2) is 0 Å². The summed E-state index contributed by atoms with van der Waals surface area (Å²) < 4.78 is 13.7. The summed E-state index contributed by atoms with van der Waals surface area (Å²) in [4.78, 5) is 12.1. The fraction of sp³-hybridized carbons (Fsp3) is 0.227. The molecule has 0 aliphatic rings. The Morgan fingerprint density at radius 3 is 2.67 bits per heavy atom. The maximum atomic E-state index is 13.7. The van der Waals surface area contributed by atoms with Gasteiger partial charge in [0.05, 0.1) is 0 Å². The number of fused-ring (bicyclic) bond motifs is 1. The number of halogens is 2. The molecule has 0 aromatic heterocycles. The quantitative estimate of drug-likeness (QED) is 0.497. The molecule has 3 rings (SSSR count). The first-order chi connectivity index (χ1) is 13.1. The van der Waals surface area contributed by atoms with E-state index in [0.29, 0.717) is 41.5 Å². The van der Waals surface area contributed by atoms with E-state index in [1.807, 2.05) is 18.2 Å². The summed E-state index contributed by atoms with van der Waals surface area (Å²) >= 11 is 7.56. The lowest BCUT2D eigenvalue weighted by Crippen LogP contribution is -2.26. The Hall–Kier alpha value is -2.04. The van der Waals surface area contributed by atoms with Gasteiger partial charge < -0.3 is 5.32 Å². The molecule has 0 saturated heterocycles. The SMILES string of the molecule is O=C(CCc1cccc2ccccc12)NCCSCc1c(F)cccc1Cl. The largest absolute Gasteiger partial charge is 0.355 e. The van der Waals surface area contributed by atoms with Crippen molar-refractivity contribution in [2.45, 2.75) is 18.6 Å². The second-order valence-electron chi connectivity index (χ2n) is 6.24. The normalized spacial score (nSPS) is 10.9. The highest BCUT2D eigenvalue weighted by Crippen LogP contribution is 2.23. The predicted molar refractivity (Wildman–Crippen MR) is 113 cm³/mol. The molecule has 0 aliphatic heterocycles. The Bertz CT molecular complexity index is 906. The minimum Gasteiger partial charge on any atom is -0.355 e. The van der Waals surface area contributed by atoms with Gasteiger partial charge in [0.1, 0.15) is 5.82 Å². The van der Waals surface area contributed by atoms with Gasteiger partial charge in [-0.3, -0.25) is 4.79 Å². The number of amides is 1. The van der Waals surface area contributed by atoms with Gasteiger partial charge in [0.25, 0.3) is 0 Å². The molecular weight excluding hydrogens is 381 g/mol. The van der Waals surface area contributed by atoms with E-state index in [9.17, 15) is 9.18 Å². The number of hydrogen-bond acceptors (Lipinski definition) is 2. The molecule has 140 valence electrons. The molecule has 3 aromatic rings. The van der Waals surface area contributed by atoms with E-state index in [1.165, 1.54) is 22.4 Å². The highest BCUT2D eigenvalue weighted by molar-refractivity contribution is 7.98. The molecule has 1 amide bonds. The summed E-state index contributed by atoms with van der Waals surface area (Å²) in [5.41, 5.74) is 1.71.